The van der Waals surface area contributed by atoms with Crippen LogP contribution in [0.25, 0.3) is 0 Å². The van der Waals surface area contributed by atoms with E-state index in [2.05, 4.69) is 16.7 Å². The molecule has 2 nitrogen and oxygen atoms in total. The van der Waals surface area contributed by atoms with Crippen LogP contribution in [0.4, 0.5) is 4.39 Å². The van der Waals surface area contributed by atoms with Gasteiger partial charge in [0, 0.05) is 30.8 Å². The van der Waals surface area contributed by atoms with E-state index in [9.17, 15) is 4.39 Å². The Labute approximate surface area is 126 Å². The summed E-state index contributed by atoms with van der Waals surface area (Å²) in [6, 6.07) is 5.15. The summed E-state index contributed by atoms with van der Waals surface area (Å²) in [5.74, 6) is 6.78. The smallest absolute Gasteiger partial charge is 0.128 e. The standard InChI is InChI=1S/C18H22FNO/c19-18-10-14(2-1-9-21)7-8-17(18)13-20(11-15-3-4-15)12-16-5-6-16/h7-8,10,15-16,21H,3-6,9,11-13H2. The molecule has 0 heterocycles. The molecule has 0 saturated heterocycles. The van der Waals surface area contributed by atoms with Crippen LogP contribution in [-0.2, 0) is 6.54 Å². The molecule has 0 radical (unpaired) electrons. The second kappa shape index (κ2) is 6.60. The molecule has 0 unspecified atom stereocenters. The zero-order valence-electron chi connectivity index (χ0n) is 12.3. The Bertz CT molecular complexity index is 538. The van der Waals surface area contributed by atoms with Crippen LogP contribution in [0.15, 0.2) is 18.2 Å². The molecule has 2 aliphatic rings. The van der Waals surface area contributed by atoms with E-state index in [-0.39, 0.29) is 12.4 Å². The highest BCUT2D eigenvalue weighted by Crippen LogP contribution is 2.34. The van der Waals surface area contributed by atoms with E-state index in [1.807, 2.05) is 12.1 Å². The minimum Gasteiger partial charge on any atom is -0.384 e. The third-order valence-electron chi connectivity index (χ3n) is 4.19. The van der Waals surface area contributed by atoms with Crippen molar-refractivity contribution in [3.63, 3.8) is 0 Å². The molecule has 3 heteroatoms. The molecular weight excluding hydrogens is 265 g/mol. The average molecular weight is 287 g/mol. The Balaban J connectivity index is 1.65. The Morgan fingerprint density at radius 2 is 1.81 bits per heavy atom. The van der Waals surface area contributed by atoms with E-state index >= 15 is 0 Å². The fraction of sp³-hybridized carbons (Fsp3) is 0.556. The van der Waals surface area contributed by atoms with Crippen molar-refractivity contribution in [1.82, 2.24) is 4.90 Å². The molecule has 2 fully saturated rings. The van der Waals surface area contributed by atoms with Gasteiger partial charge in [0.1, 0.15) is 12.4 Å². The second-order valence-electron chi connectivity index (χ2n) is 6.35. The molecular formula is C18H22FNO. The maximum absolute atomic E-state index is 14.2. The Morgan fingerprint density at radius 3 is 2.33 bits per heavy atom. The lowest BCUT2D eigenvalue weighted by molar-refractivity contribution is 0.241. The van der Waals surface area contributed by atoms with Crippen LogP contribution in [0.5, 0.6) is 0 Å². The summed E-state index contributed by atoms with van der Waals surface area (Å²) in [5.41, 5.74) is 1.38. The molecule has 21 heavy (non-hydrogen) atoms. The molecule has 1 aromatic rings. The normalized spacial score (nSPS) is 17.7. The molecule has 2 aliphatic carbocycles. The third-order valence-corrected chi connectivity index (χ3v) is 4.19. The fourth-order valence-electron chi connectivity index (χ4n) is 2.67. The zero-order chi connectivity index (χ0) is 14.7. The first kappa shape index (κ1) is 14.6. The Kier molecular flexibility index (Phi) is 4.57. The largest absolute Gasteiger partial charge is 0.384 e. The molecule has 0 spiro atoms. The van der Waals surface area contributed by atoms with Crippen LogP contribution in [-0.4, -0.2) is 29.7 Å². The first-order valence-electron chi connectivity index (χ1n) is 7.85. The van der Waals surface area contributed by atoms with Gasteiger partial charge in [-0.05, 0) is 49.7 Å². The van der Waals surface area contributed by atoms with Crippen LogP contribution in [0.2, 0.25) is 0 Å². The highest BCUT2D eigenvalue weighted by atomic mass is 19.1. The van der Waals surface area contributed by atoms with E-state index in [0.717, 1.165) is 30.5 Å². The van der Waals surface area contributed by atoms with Crippen molar-refractivity contribution in [2.45, 2.75) is 32.2 Å². The highest BCUT2D eigenvalue weighted by molar-refractivity contribution is 5.37. The van der Waals surface area contributed by atoms with E-state index in [0.29, 0.717) is 12.1 Å². The number of rotatable bonds is 6. The van der Waals surface area contributed by atoms with Gasteiger partial charge in [0.15, 0.2) is 0 Å². The van der Waals surface area contributed by atoms with E-state index in [1.54, 1.807) is 0 Å². The number of hydrogen-bond acceptors (Lipinski definition) is 2. The zero-order valence-corrected chi connectivity index (χ0v) is 12.3. The van der Waals surface area contributed by atoms with Crippen LogP contribution in [0, 0.1) is 29.5 Å². The number of halogens is 1. The molecule has 0 aromatic heterocycles. The second-order valence-corrected chi connectivity index (χ2v) is 6.35. The molecule has 0 aliphatic heterocycles. The Morgan fingerprint density at radius 1 is 1.14 bits per heavy atom. The molecule has 0 bridgehead atoms. The number of benzene rings is 1. The average Bonchev–Trinajstić information content (AvgIpc) is 3.35. The first-order valence-corrected chi connectivity index (χ1v) is 7.85. The summed E-state index contributed by atoms with van der Waals surface area (Å²) >= 11 is 0. The van der Waals surface area contributed by atoms with Gasteiger partial charge in [-0.3, -0.25) is 4.90 Å². The summed E-state index contributed by atoms with van der Waals surface area (Å²) in [5, 5.41) is 8.68. The fourth-order valence-corrected chi connectivity index (χ4v) is 2.67. The van der Waals surface area contributed by atoms with E-state index in [1.165, 1.54) is 31.7 Å². The summed E-state index contributed by atoms with van der Waals surface area (Å²) in [7, 11) is 0. The lowest BCUT2D eigenvalue weighted by atomic mass is 10.1. The highest BCUT2D eigenvalue weighted by Gasteiger charge is 2.29. The van der Waals surface area contributed by atoms with Crippen molar-refractivity contribution in [2.24, 2.45) is 11.8 Å². The maximum atomic E-state index is 14.2. The van der Waals surface area contributed by atoms with Crippen molar-refractivity contribution in [3.8, 4) is 11.8 Å². The van der Waals surface area contributed by atoms with Gasteiger partial charge in [-0.2, -0.15) is 0 Å². The molecule has 3 rings (SSSR count). The number of aliphatic hydroxyl groups is 1. The van der Waals surface area contributed by atoms with Crippen molar-refractivity contribution < 1.29 is 9.50 Å². The number of aliphatic hydroxyl groups excluding tert-OH is 1. The maximum Gasteiger partial charge on any atom is 0.128 e. The first-order chi connectivity index (χ1) is 10.2. The molecule has 0 amide bonds. The predicted molar refractivity (Wildman–Crippen MR) is 81.1 cm³/mol. The summed E-state index contributed by atoms with van der Waals surface area (Å²) in [6.07, 6.45) is 5.33. The lowest BCUT2D eigenvalue weighted by Crippen LogP contribution is -2.28. The molecule has 1 N–H and O–H groups in total. The third kappa shape index (κ3) is 4.56. The van der Waals surface area contributed by atoms with Gasteiger partial charge >= 0.3 is 0 Å². The van der Waals surface area contributed by atoms with Gasteiger partial charge in [0.2, 0.25) is 0 Å². The minimum absolute atomic E-state index is 0.184. The van der Waals surface area contributed by atoms with E-state index < -0.39 is 0 Å². The molecule has 1 aromatic carbocycles. The molecule has 0 atom stereocenters. The van der Waals surface area contributed by atoms with Crippen molar-refractivity contribution in [2.75, 3.05) is 19.7 Å². The van der Waals surface area contributed by atoms with Crippen LogP contribution >= 0.6 is 0 Å². The van der Waals surface area contributed by atoms with Gasteiger partial charge < -0.3 is 5.11 Å². The predicted octanol–water partition coefficient (Wildman–Crippen LogP) is 2.79. The summed E-state index contributed by atoms with van der Waals surface area (Å²) in [6.45, 7) is 2.73. The van der Waals surface area contributed by atoms with Crippen molar-refractivity contribution >= 4 is 0 Å². The van der Waals surface area contributed by atoms with Gasteiger partial charge in [0.25, 0.3) is 0 Å². The number of hydrogen-bond donors (Lipinski definition) is 1. The Hall–Kier alpha value is -1.37. The minimum atomic E-state index is -0.195. The molecule has 112 valence electrons. The van der Waals surface area contributed by atoms with Crippen LogP contribution in [0.3, 0.4) is 0 Å². The summed E-state index contributed by atoms with van der Waals surface area (Å²) in [4.78, 5) is 2.42. The van der Waals surface area contributed by atoms with Gasteiger partial charge in [0.05, 0.1) is 0 Å². The van der Waals surface area contributed by atoms with Crippen molar-refractivity contribution in [3.05, 3.63) is 35.1 Å². The molecule has 2 saturated carbocycles. The van der Waals surface area contributed by atoms with Gasteiger partial charge in [-0.15, -0.1) is 0 Å². The van der Waals surface area contributed by atoms with Crippen LogP contribution in [0.1, 0.15) is 36.8 Å². The van der Waals surface area contributed by atoms with Gasteiger partial charge in [-0.25, -0.2) is 4.39 Å². The van der Waals surface area contributed by atoms with E-state index in [4.69, 9.17) is 5.11 Å². The quantitative estimate of drug-likeness (QED) is 0.813. The summed E-state index contributed by atoms with van der Waals surface area (Å²) < 4.78 is 14.2. The van der Waals surface area contributed by atoms with Crippen LogP contribution < -0.4 is 0 Å². The SMILES string of the molecule is OCC#Cc1ccc(CN(CC2CC2)CC2CC2)c(F)c1. The topological polar surface area (TPSA) is 23.5 Å². The van der Waals surface area contributed by atoms with Gasteiger partial charge in [-0.1, -0.05) is 17.9 Å². The number of nitrogens with zero attached hydrogens (tertiary/aromatic N) is 1. The van der Waals surface area contributed by atoms with Crippen molar-refractivity contribution in [1.29, 1.82) is 0 Å². The lowest BCUT2D eigenvalue weighted by Gasteiger charge is -2.22. The monoisotopic (exact) mass is 287 g/mol.